The number of furan rings is 1. The van der Waals surface area contributed by atoms with Crippen LogP contribution in [0.2, 0.25) is 0 Å². The van der Waals surface area contributed by atoms with Crippen molar-refractivity contribution in [2.75, 3.05) is 5.32 Å². The molecule has 1 N–H and O–H groups in total. The Balaban J connectivity index is 1.92. The van der Waals surface area contributed by atoms with E-state index in [9.17, 15) is 4.79 Å². The van der Waals surface area contributed by atoms with Crippen LogP contribution in [-0.4, -0.2) is 5.91 Å². The van der Waals surface area contributed by atoms with Crippen molar-refractivity contribution in [1.29, 1.82) is 0 Å². The van der Waals surface area contributed by atoms with Crippen molar-refractivity contribution >= 4 is 43.5 Å². The van der Waals surface area contributed by atoms with Gasteiger partial charge in [-0.05, 0) is 46.3 Å². The second-order valence-corrected chi connectivity index (χ2v) is 5.52. The quantitative estimate of drug-likeness (QED) is 0.865. The molecular weight excluding hydrogens is 362 g/mol. The van der Waals surface area contributed by atoms with Crippen molar-refractivity contribution in [1.82, 2.24) is 0 Å². The molecular formula is C13H11Br2NO2. The predicted molar refractivity (Wildman–Crippen MR) is 77.5 cm³/mol. The lowest BCUT2D eigenvalue weighted by Crippen LogP contribution is -2.12. The van der Waals surface area contributed by atoms with Gasteiger partial charge in [-0.15, -0.1) is 0 Å². The summed E-state index contributed by atoms with van der Waals surface area (Å²) in [5.41, 5.74) is 0.758. The zero-order chi connectivity index (χ0) is 13.0. The minimum Gasteiger partial charge on any atom is -0.469 e. The van der Waals surface area contributed by atoms with Gasteiger partial charge < -0.3 is 9.73 Å². The van der Waals surface area contributed by atoms with E-state index in [1.165, 1.54) is 0 Å². The van der Waals surface area contributed by atoms with Crippen LogP contribution in [0.3, 0.4) is 0 Å². The van der Waals surface area contributed by atoms with Crippen LogP contribution in [0.15, 0.2) is 50.0 Å². The van der Waals surface area contributed by atoms with Gasteiger partial charge in [0.2, 0.25) is 5.91 Å². The maximum atomic E-state index is 11.8. The number of amides is 1. The molecule has 2 aromatic rings. The summed E-state index contributed by atoms with van der Waals surface area (Å²) in [5, 5.41) is 2.86. The number of carbonyl (C=O) groups excluding carboxylic acids is 1. The Labute approximate surface area is 122 Å². The fraction of sp³-hybridized carbons (Fsp3) is 0.154. The average molecular weight is 373 g/mol. The lowest BCUT2D eigenvalue weighted by atomic mass is 10.2. The highest BCUT2D eigenvalue weighted by molar-refractivity contribution is 9.11. The molecule has 0 atom stereocenters. The Bertz CT molecular complexity index is 538. The fourth-order valence-corrected chi connectivity index (χ4v) is 2.20. The Morgan fingerprint density at radius 1 is 1.28 bits per heavy atom. The summed E-state index contributed by atoms with van der Waals surface area (Å²) in [5.74, 6) is 0.781. The Kier molecular flexibility index (Phi) is 4.60. The summed E-state index contributed by atoms with van der Waals surface area (Å²) in [7, 11) is 0. The number of hydrogen-bond donors (Lipinski definition) is 1. The summed E-state index contributed by atoms with van der Waals surface area (Å²) in [4.78, 5) is 11.8. The molecule has 1 aromatic heterocycles. The normalized spacial score (nSPS) is 10.3. The van der Waals surface area contributed by atoms with E-state index in [2.05, 4.69) is 37.2 Å². The summed E-state index contributed by atoms with van der Waals surface area (Å²) in [6, 6.07) is 9.32. The van der Waals surface area contributed by atoms with E-state index in [-0.39, 0.29) is 5.91 Å². The van der Waals surface area contributed by atoms with E-state index in [0.717, 1.165) is 20.4 Å². The van der Waals surface area contributed by atoms with Crippen LogP contribution in [0.4, 0.5) is 5.69 Å². The molecule has 0 aliphatic heterocycles. The number of carbonyl (C=O) groups is 1. The number of nitrogens with one attached hydrogen (secondary N) is 1. The summed E-state index contributed by atoms with van der Waals surface area (Å²) in [6.07, 6.45) is 2.61. The SMILES string of the molecule is O=C(CCc1ccco1)Nc1cc(Br)ccc1Br. The lowest BCUT2D eigenvalue weighted by molar-refractivity contribution is -0.116. The Morgan fingerprint density at radius 2 is 2.11 bits per heavy atom. The second kappa shape index (κ2) is 6.20. The van der Waals surface area contributed by atoms with E-state index < -0.39 is 0 Å². The molecule has 0 aliphatic rings. The molecule has 1 amide bonds. The van der Waals surface area contributed by atoms with Crippen molar-refractivity contribution in [2.24, 2.45) is 0 Å². The second-order valence-electron chi connectivity index (χ2n) is 3.75. The van der Waals surface area contributed by atoms with Crippen molar-refractivity contribution in [3.63, 3.8) is 0 Å². The molecule has 0 spiro atoms. The minimum absolute atomic E-state index is 0.0369. The molecule has 2 rings (SSSR count). The number of anilines is 1. The molecule has 0 saturated carbocycles. The van der Waals surface area contributed by atoms with E-state index >= 15 is 0 Å². The van der Waals surface area contributed by atoms with E-state index in [1.807, 2.05) is 30.3 Å². The topological polar surface area (TPSA) is 42.2 Å². The maximum Gasteiger partial charge on any atom is 0.224 e. The number of benzene rings is 1. The van der Waals surface area contributed by atoms with Gasteiger partial charge in [-0.2, -0.15) is 0 Å². The van der Waals surface area contributed by atoms with Crippen LogP contribution in [0.5, 0.6) is 0 Å². The third-order valence-corrected chi connectivity index (χ3v) is 3.57. The average Bonchev–Trinajstić information content (AvgIpc) is 2.84. The Morgan fingerprint density at radius 3 is 2.83 bits per heavy atom. The molecule has 0 saturated heterocycles. The minimum atomic E-state index is -0.0369. The van der Waals surface area contributed by atoms with Crippen LogP contribution >= 0.6 is 31.9 Å². The highest BCUT2D eigenvalue weighted by atomic mass is 79.9. The first kappa shape index (κ1) is 13.4. The van der Waals surface area contributed by atoms with E-state index in [0.29, 0.717) is 12.8 Å². The number of hydrogen-bond acceptors (Lipinski definition) is 2. The zero-order valence-corrected chi connectivity index (χ0v) is 12.6. The number of halogens is 2. The first-order valence-corrected chi connectivity index (χ1v) is 7.01. The van der Waals surface area contributed by atoms with Gasteiger partial charge in [0.15, 0.2) is 0 Å². The number of aryl methyl sites for hydroxylation is 1. The predicted octanol–water partition coefficient (Wildman–Crippen LogP) is 4.38. The zero-order valence-electron chi connectivity index (χ0n) is 9.45. The molecule has 0 fully saturated rings. The molecule has 1 aromatic carbocycles. The van der Waals surface area contributed by atoms with Gasteiger partial charge in [0, 0.05) is 21.8 Å². The van der Waals surface area contributed by atoms with Gasteiger partial charge in [-0.3, -0.25) is 4.79 Å². The van der Waals surface area contributed by atoms with E-state index in [1.54, 1.807) is 6.26 Å². The van der Waals surface area contributed by atoms with Gasteiger partial charge in [0.05, 0.1) is 12.0 Å². The molecule has 3 nitrogen and oxygen atoms in total. The van der Waals surface area contributed by atoms with Gasteiger partial charge in [0.1, 0.15) is 5.76 Å². The summed E-state index contributed by atoms with van der Waals surface area (Å²) < 4.78 is 6.96. The van der Waals surface area contributed by atoms with Gasteiger partial charge in [0.25, 0.3) is 0 Å². The molecule has 0 aliphatic carbocycles. The monoisotopic (exact) mass is 371 g/mol. The Hall–Kier alpha value is -1.07. The first-order chi connectivity index (χ1) is 8.65. The van der Waals surface area contributed by atoms with Crippen molar-refractivity contribution in [2.45, 2.75) is 12.8 Å². The molecule has 0 bridgehead atoms. The van der Waals surface area contributed by atoms with Crippen molar-refractivity contribution in [3.8, 4) is 0 Å². The summed E-state index contributed by atoms with van der Waals surface area (Å²) in [6.45, 7) is 0. The number of rotatable bonds is 4. The molecule has 0 unspecified atom stereocenters. The highest BCUT2D eigenvalue weighted by Gasteiger charge is 2.07. The molecule has 94 valence electrons. The first-order valence-electron chi connectivity index (χ1n) is 5.42. The van der Waals surface area contributed by atoms with Crippen LogP contribution < -0.4 is 5.32 Å². The molecule has 0 radical (unpaired) electrons. The third kappa shape index (κ3) is 3.71. The van der Waals surface area contributed by atoms with Crippen molar-refractivity contribution < 1.29 is 9.21 Å². The van der Waals surface area contributed by atoms with Crippen LogP contribution in [0.25, 0.3) is 0 Å². The smallest absolute Gasteiger partial charge is 0.224 e. The molecule has 18 heavy (non-hydrogen) atoms. The summed E-state index contributed by atoms with van der Waals surface area (Å²) >= 11 is 6.76. The van der Waals surface area contributed by atoms with Gasteiger partial charge >= 0.3 is 0 Å². The van der Waals surface area contributed by atoms with Crippen LogP contribution in [-0.2, 0) is 11.2 Å². The van der Waals surface area contributed by atoms with Gasteiger partial charge in [-0.25, -0.2) is 0 Å². The lowest BCUT2D eigenvalue weighted by Gasteiger charge is -2.07. The molecule has 1 heterocycles. The van der Waals surface area contributed by atoms with Crippen LogP contribution in [0, 0.1) is 0 Å². The highest BCUT2D eigenvalue weighted by Crippen LogP contribution is 2.26. The largest absolute Gasteiger partial charge is 0.469 e. The standard InChI is InChI=1S/C13H11Br2NO2/c14-9-3-5-11(15)12(8-9)16-13(17)6-4-10-2-1-7-18-10/h1-3,5,7-8H,4,6H2,(H,16,17). The van der Waals surface area contributed by atoms with Gasteiger partial charge in [-0.1, -0.05) is 15.9 Å². The van der Waals surface area contributed by atoms with Crippen molar-refractivity contribution in [3.05, 3.63) is 51.3 Å². The fourth-order valence-electron chi connectivity index (χ4n) is 1.50. The third-order valence-electron chi connectivity index (χ3n) is 2.38. The maximum absolute atomic E-state index is 11.8. The van der Waals surface area contributed by atoms with Crippen LogP contribution in [0.1, 0.15) is 12.2 Å². The van der Waals surface area contributed by atoms with E-state index in [4.69, 9.17) is 4.42 Å². The molecule has 5 heteroatoms.